The lowest BCUT2D eigenvalue weighted by molar-refractivity contribution is -0.265. The molecule has 0 radical (unpaired) electrons. The summed E-state index contributed by atoms with van der Waals surface area (Å²) in [6.07, 6.45) is -3.91. The van der Waals surface area contributed by atoms with Crippen molar-refractivity contribution < 1.29 is 41.8 Å². The van der Waals surface area contributed by atoms with Crippen molar-refractivity contribution >= 4 is 34.3 Å². The number of halogens is 4. The van der Waals surface area contributed by atoms with Crippen LogP contribution in [0.5, 0.6) is 5.75 Å². The van der Waals surface area contributed by atoms with Gasteiger partial charge in [-0.2, -0.15) is 13.2 Å². The third kappa shape index (κ3) is 5.61. The smallest absolute Gasteiger partial charge is 0.424 e. The predicted octanol–water partition coefficient (Wildman–Crippen LogP) is 2.91. The van der Waals surface area contributed by atoms with E-state index >= 15 is 0 Å². The molecule has 1 saturated heterocycles. The second-order valence-electron chi connectivity index (χ2n) is 11.7. The molecule has 244 valence electrons. The second kappa shape index (κ2) is 11.6. The van der Waals surface area contributed by atoms with Gasteiger partial charge in [-0.05, 0) is 55.5 Å². The van der Waals surface area contributed by atoms with E-state index in [4.69, 9.17) is 10.5 Å². The zero-order valence-electron chi connectivity index (χ0n) is 24.7. The van der Waals surface area contributed by atoms with Crippen LogP contribution >= 0.6 is 0 Å². The second-order valence-corrected chi connectivity index (χ2v) is 11.7. The third-order valence-electron chi connectivity index (χ3n) is 8.51. The first kappa shape index (κ1) is 31.8. The van der Waals surface area contributed by atoms with Gasteiger partial charge in [-0.1, -0.05) is 6.07 Å². The fourth-order valence-electron chi connectivity index (χ4n) is 5.38. The fourth-order valence-corrected chi connectivity index (χ4v) is 5.38. The van der Waals surface area contributed by atoms with E-state index in [0.29, 0.717) is 24.0 Å². The highest BCUT2D eigenvalue weighted by Gasteiger charge is 2.57. The highest BCUT2D eigenvalue weighted by atomic mass is 19.4. The van der Waals surface area contributed by atoms with Gasteiger partial charge >= 0.3 is 6.18 Å². The number of pyridine rings is 2. The van der Waals surface area contributed by atoms with Crippen molar-refractivity contribution in [2.24, 2.45) is 11.7 Å². The first-order valence-electron chi connectivity index (χ1n) is 14.4. The van der Waals surface area contributed by atoms with Crippen molar-refractivity contribution in [3.63, 3.8) is 0 Å². The molecule has 4 aromatic rings. The number of nitrogens with two attached hydrogens (primary N) is 1. The molecule has 2 aliphatic heterocycles. The molecule has 1 fully saturated rings. The van der Waals surface area contributed by atoms with Crippen LogP contribution in [-0.4, -0.2) is 65.2 Å². The van der Waals surface area contributed by atoms with Gasteiger partial charge in [0, 0.05) is 41.4 Å². The van der Waals surface area contributed by atoms with E-state index in [0.717, 1.165) is 18.2 Å². The molecule has 2 aromatic carbocycles. The van der Waals surface area contributed by atoms with Crippen LogP contribution in [0.2, 0.25) is 0 Å². The number of hydrogen-bond donors (Lipinski definition) is 5. The summed E-state index contributed by atoms with van der Waals surface area (Å²) in [6.45, 7) is 0.611. The largest absolute Gasteiger partial charge is 0.489 e. The molecule has 1 unspecified atom stereocenters. The molecule has 3 amide bonds. The maximum Gasteiger partial charge on any atom is 0.424 e. The van der Waals surface area contributed by atoms with Crippen LogP contribution < -0.4 is 26.4 Å². The number of ether oxygens (including phenoxy) is 1. The Bertz CT molecular complexity index is 1920. The summed E-state index contributed by atoms with van der Waals surface area (Å²) in [7, 11) is 0. The number of hydrogen-bond acceptors (Lipinski definition) is 8. The lowest BCUT2D eigenvalue weighted by Gasteiger charge is -2.31. The molecular weight excluding hydrogens is 624 g/mol. The Hall–Kier alpha value is -5.15. The first-order valence-corrected chi connectivity index (χ1v) is 14.4. The minimum atomic E-state index is -5.40. The van der Waals surface area contributed by atoms with E-state index in [9.17, 15) is 37.1 Å². The van der Waals surface area contributed by atoms with E-state index < -0.39 is 47.1 Å². The molecule has 47 heavy (non-hydrogen) atoms. The summed E-state index contributed by atoms with van der Waals surface area (Å²) in [6, 6.07) is 11.4. The molecule has 4 heterocycles. The van der Waals surface area contributed by atoms with Crippen LogP contribution in [0.25, 0.3) is 22.2 Å². The van der Waals surface area contributed by atoms with E-state index in [2.05, 4.69) is 25.9 Å². The number of aromatic nitrogens is 2. The molecule has 2 atom stereocenters. The van der Waals surface area contributed by atoms with Gasteiger partial charge in [-0.3, -0.25) is 19.4 Å². The van der Waals surface area contributed by atoms with E-state index in [1.807, 2.05) is 0 Å². The van der Waals surface area contributed by atoms with E-state index in [1.165, 1.54) is 37.4 Å². The van der Waals surface area contributed by atoms with Crippen molar-refractivity contribution in [2.75, 3.05) is 31.6 Å². The van der Waals surface area contributed by atoms with Gasteiger partial charge in [0.25, 0.3) is 5.91 Å². The minimum Gasteiger partial charge on any atom is -0.489 e. The first-order chi connectivity index (χ1) is 22.2. The SMILES string of the molecule is C[C@]1(C(N)=O)COc2c1cc(C(O)(CNC(=O)c1cc(NC(=O)C3CNC3)c3ncccc3c1)C(F)(F)F)nc2-c1ccc(F)cc1. The van der Waals surface area contributed by atoms with Crippen LogP contribution in [0.1, 0.15) is 28.5 Å². The molecule has 0 spiro atoms. The van der Waals surface area contributed by atoms with Gasteiger partial charge in [0.15, 0.2) is 0 Å². The molecule has 15 heteroatoms. The number of carbonyl (C=O) groups is 3. The third-order valence-corrected chi connectivity index (χ3v) is 8.51. The van der Waals surface area contributed by atoms with Crippen molar-refractivity contribution in [3.8, 4) is 17.0 Å². The average molecular weight is 653 g/mol. The molecule has 11 nitrogen and oxygen atoms in total. The Labute approximate surface area is 264 Å². The van der Waals surface area contributed by atoms with Crippen LogP contribution in [0.15, 0.2) is 60.8 Å². The van der Waals surface area contributed by atoms with Gasteiger partial charge in [-0.15, -0.1) is 0 Å². The molecule has 6 N–H and O–H groups in total. The number of fused-ring (bicyclic) bond motifs is 2. The number of primary amides is 1. The van der Waals surface area contributed by atoms with Crippen LogP contribution in [0.4, 0.5) is 23.2 Å². The maximum atomic E-state index is 14.8. The van der Waals surface area contributed by atoms with Gasteiger partial charge in [0.2, 0.25) is 17.4 Å². The van der Waals surface area contributed by atoms with Crippen LogP contribution in [0.3, 0.4) is 0 Å². The number of benzene rings is 2. The van der Waals surface area contributed by atoms with Crippen LogP contribution in [-0.2, 0) is 20.6 Å². The number of alkyl halides is 3. The number of aliphatic hydroxyl groups is 1. The fraction of sp³-hybridized carbons (Fsp3) is 0.281. The highest BCUT2D eigenvalue weighted by Crippen LogP contribution is 2.47. The molecule has 2 aliphatic rings. The van der Waals surface area contributed by atoms with E-state index in [-0.39, 0.29) is 52.3 Å². The lowest BCUT2D eigenvalue weighted by Crippen LogP contribution is -2.51. The molecular formula is C32H28F4N6O5. The highest BCUT2D eigenvalue weighted by molar-refractivity contribution is 6.06. The zero-order valence-corrected chi connectivity index (χ0v) is 24.7. The summed E-state index contributed by atoms with van der Waals surface area (Å²) < 4.78 is 63.7. The molecule has 6 rings (SSSR count). The van der Waals surface area contributed by atoms with Crippen molar-refractivity contribution in [3.05, 3.63) is 83.4 Å². The summed E-state index contributed by atoms with van der Waals surface area (Å²) in [5.74, 6) is -3.17. The number of rotatable bonds is 8. The predicted molar refractivity (Wildman–Crippen MR) is 161 cm³/mol. The summed E-state index contributed by atoms with van der Waals surface area (Å²) in [4.78, 5) is 46.8. The minimum absolute atomic E-state index is 0.0488. The average Bonchev–Trinajstić information content (AvgIpc) is 3.36. The Kier molecular flexibility index (Phi) is 7.84. The zero-order chi connectivity index (χ0) is 33.7. The summed E-state index contributed by atoms with van der Waals surface area (Å²) in [5, 5.41) is 19.6. The Morgan fingerprint density at radius 3 is 2.49 bits per heavy atom. The number of amides is 3. The molecule has 0 bridgehead atoms. The van der Waals surface area contributed by atoms with Gasteiger partial charge in [0.05, 0.1) is 29.4 Å². The molecule has 0 saturated carbocycles. The van der Waals surface area contributed by atoms with Crippen molar-refractivity contribution in [2.45, 2.75) is 24.1 Å². The van der Waals surface area contributed by atoms with Crippen molar-refractivity contribution in [1.82, 2.24) is 20.6 Å². The normalized spacial score (nSPS) is 18.9. The number of nitrogens with one attached hydrogen (secondary N) is 3. The van der Waals surface area contributed by atoms with Gasteiger partial charge < -0.3 is 31.5 Å². The lowest BCUT2D eigenvalue weighted by atomic mass is 9.81. The Morgan fingerprint density at radius 2 is 1.85 bits per heavy atom. The van der Waals surface area contributed by atoms with Crippen molar-refractivity contribution in [1.29, 1.82) is 0 Å². The van der Waals surface area contributed by atoms with Crippen LogP contribution in [0, 0.1) is 11.7 Å². The molecule has 0 aliphatic carbocycles. The van der Waals surface area contributed by atoms with Gasteiger partial charge in [0.1, 0.15) is 29.3 Å². The summed E-state index contributed by atoms with van der Waals surface area (Å²) >= 11 is 0. The Morgan fingerprint density at radius 1 is 1.13 bits per heavy atom. The topological polar surface area (TPSA) is 169 Å². The monoisotopic (exact) mass is 652 g/mol. The molecule has 2 aromatic heterocycles. The summed E-state index contributed by atoms with van der Waals surface area (Å²) in [5.41, 5.74) is -0.383. The number of nitrogens with zero attached hydrogens (tertiary/aromatic N) is 2. The number of anilines is 1. The van der Waals surface area contributed by atoms with E-state index in [1.54, 1.807) is 12.1 Å². The quantitative estimate of drug-likeness (QED) is 0.181. The Balaban J connectivity index is 1.38. The standard InChI is InChI=1S/C32H28F4N6O5/c1-30(29(37)45)15-47-26-21(30)11-23(42-25(26)16-4-6-20(33)7-5-16)31(46,32(34,35)36)14-40-27(43)18-9-17-3-2-8-39-24(17)22(10-18)41-28(44)19-12-38-13-19/h2-11,19,38,46H,12-15H2,1H3,(H2,37,45)(H,40,43)(H,41,44)/t30-,31?/m0/s1. The van der Waals surface area contributed by atoms with Gasteiger partial charge in [-0.25, -0.2) is 9.37 Å². The maximum absolute atomic E-state index is 14.8. The number of carbonyl (C=O) groups excluding carboxylic acids is 3.